The predicted molar refractivity (Wildman–Crippen MR) is 305 cm³/mol. The number of benzene rings is 11. The fourth-order valence-corrected chi connectivity index (χ4v) is 12.1. The van der Waals surface area contributed by atoms with Gasteiger partial charge in [-0.05, 0) is 145 Å². The molecule has 11 aromatic carbocycles. The van der Waals surface area contributed by atoms with E-state index in [4.69, 9.17) is 0 Å². The van der Waals surface area contributed by atoms with Crippen molar-refractivity contribution in [2.24, 2.45) is 0 Å². The van der Waals surface area contributed by atoms with Crippen LogP contribution < -0.4 is 9.80 Å². The first-order valence-corrected chi connectivity index (χ1v) is 24.9. The molecule has 0 saturated heterocycles. The lowest BCUT2D eigenvalue weighted by molar-refractivity contribution is 0.809. The third kappa shape index (κ3) is 6.64. The first-order valence-electron chi connectivity index (χ1n) is 24.9. The van der Waals surface area contributed by atoms with E-state index in [0.717, 1.165) is 45.3 Å². The van der Waals surface area contributed by atoms with Crippen LogP contribution in [0.4, 0.5) is 28.4 Å². The Kier molecular flexibility index (Phi) is 10.5. The van der Waals surface area contributed by atoms with Crippen molar-refractivity contribution in [1.82, 2.24) is 0 Å². The van der Waals surface area contributed by atoms with Crippen LogP contribution >= 0.6 is 0 Å². The molecule has 0 aliphatic heterocycles. The molecule has 11 aromatic rings. The molecule has 2 heteroatoms. The summed E-state index contributed by atoms with van der Waals surface area (Å²) in [6, 6.07) is 93.6. The minimum atomic E-state index is -0.586. The summed E-state index contributed by atoms with van der Waals surface area (Å²) >= 11 is 0. The van der Waals surface area contributed by atoms with Gasteiger partial charge >= 0.3 is 0 Å². The van der Waals surface area contributed by atoms with Gasteiger partial charge in [0.25, 0.3) is 0 Å². The van der Waals surface area contributed by atoms with E-state index in [1.54, 1.807) is 0 Å². The number of hydrogen-bond acceptors (Lipinski definition) is 2. The Morgan fingerprint density at radius 2 is 0.903 bits per heavy atom. The smallest absolute Gasteiger partial charge is 0.0737 e. The number of para-hydroxylation sites is 3. The zero-order chi connectivity index (χ0) is 48.2. The molecule has 13 rings (SSSR count). The SMILES string of the molecule is C=C/C=C(\C(=C/C)c1ccccc1)N(c1ccccc1)c1ccc2c3c(ccc2c1)-c1ccc2cc(N(c4ccccc4)c4ccccc4-c4ccccc4)ccc2c1C31c2ccccc2-c2ccccc21. The summed E-state index contributed by atoms with van der Waals surface area (Å²) in [6.45, 7) is 6.33. The molecule has 0 heterocycles. The van der Waals surface area contributed by atoms with Crippen LogP contribution in [0.15, 0.2) is 285 Å². The fraction of sp³-hybridized carbons (Fsp3) is 0.0286. The molecule has 0 bridgehead atoms. The molecular formula is C70H50N2. The Balaban J connectivity index is 1.04. The van der Waals surface area contributed by atoms with Crippen molar-refractivity contribution in [3.05, 3.63) is 313 Å². The highest BCUT2D eigenvalue weighted by atomic mass is 15.2. The van der Waals surface area contributed by atoms with Gasteiger partial charge in [0.15, 0.2) is 0 Å². The third-order valence-electron chi connectivity index (χ3n) is 14.9. The van der Waals surface area contributed by atoms with E-state index in [2.05, 4.69) is 290 Å². The minimum Gasteiger partial charge on any atom is -0.310 e. The van der Waals surface area contributed by atoms with Crippen molar-refractivity contribution < 1.29 is 0 Å². The molecule has 2 aliphatic carbocycles. The molecule has 1 spiro atoms. The Morgan fingerprint density at radius 3 is 1.49 bits per heavy atom. The molecule has 0 atom stereocenters. The average Bonchev–Trinajstić information content (AvgIpc) is 3.92. The van der Waals surface area contributed by atoms with E-state index in [-0.39, 0.29) is 0 Å². The molecule has 2 nitrogen and oxygen atoms in total. The van der Waals surface area contributed by atoms with Crippen LogP contribution in [0.25, 0.3) is 60.5 Å². The van der Waals surface area contributed by atoms with E-state index in [0.29, 0.717) is 0 Å². The van der Waals surface area contributed by atoms with Gasteiger partial charge in [0, 0.05) is 33.9 Å². The Hall–Kier alpha value is -9.24. The minimum absolute atomic E-state index is 0.586. The van der Waals surface area contributed by atoms with Crippen LogP contribution in [0.1, 0.15) is 34.7 Å². The zero-order valence-electron chi connectivity index (χ0n) is 40.1. The molecule has 0 fully saturated rings. The van der Waals surface area contributed by atoms with Crippen molar-refractivity contribution in [1.29, 1.82) is 0 Å². The molecule has 340 valence electrons. The average molecular weight is 919 g/mol. The van der Waals surface area contributed by atoms with E-state index < -0.39 is 5.41 Å². The molecule has 0 aromatic heterocycles. The van der Waals surface area contributed by atoms with Gasteiger partial charge in [0.05, 0.1) is 16.8 Å². The highest BCUT2D eigenvalue weighted by molar-refractivity contribution is 6.10. The number of rotatable bonds is 10. The number of allylic oxidation sites excluding steroid dienone is 4. The topological polar surface area (TPSA) is 6.48 Å². The van der Waals surface area contributed by atoms with Crippen molar-refractivity contribution in [3.63, 3.8) is 0 Å². The molecule has 72 heavy (non-hydrogen) atoms. The van der Waals surface area contributed by atoms with Gasteiger partial charge in [-0.1, -0.05) is 219 Å². The summed E-state index contributed by atoms with van der Waals surface area (Å²) in [5.41, 5.74) is 21.0. The summed E-state index contributed by atoms with van der Waals surface area (Å²) in [4.78, 5) is 4.79. The van der Waals surface area contributed by atoms with Crippen LogP contribution in [0.5, 0.6) is 0 Å². The largest absolute Gasteiger partial charge is 0.310 e. The van der Waals surface area contributed by atoms with Crippen LogP contribution in [-0.4, -0.2) is 0 Å². The third-order valence-corrected chi connectivity index (χ3v) is 14.9. The fourth-order valence-electron chi connectivity index (χ4n) is 12.1. The second kappa shape index (κ2) is 17.6. The first-order chi connectivity index (χ1) is 35.7. The van der Waals surface area contributed by atoms with Crippen LogP contribution in [0.3, 0.4) is 0 Å². The second-order valence-electron chi connectivity index (χ2n) is 18.7. The Bertz CT molecular complexity index is 3900. The molecule has 2 aliphatic rings. The predicted octanol–water partition coefficient (Wildman–Crippen LogP) is 18.8. The highest BCUT2D eigenvalue weighted by Crippen LogP contribution is 2.65. The lowest BCUT2D eigenvalue weighted by Crippen LogP contribution is -2.26. The van der Waals surface area contributed by atoms with Crippen LogP contribution in [0.2, 0.25) is 0 Å². The number of nitrogens with zero attached hydrogens (tertiary/aromatic N) is 2. The number of fused-ring (bicyclic) bond motifs is 14. The molecule has 0 amide bonds. The van der Waals surface area contributed by atoms with Crippen molar-refractivity contribution >= 4 is 55.6 Å². The number of anilines is 5. The Morgan fingerprint density at radius 1 is 0.417 bits per heavy atom. The van der Waals surface area contributed by atoms with Gasteiger partial charge < -0.3 is 9.80 Å². The maximum absolute atomic E-state index is 4.21. The van der Waals surface area contributed by atoms with Gasteiger partial charge in [-0.15, -0.1) is 0 Å². The maximum Gasteiger partial charge on any atom is 0.0737 e. The molecule has 0 N–H and O–H groups in total. The summed E-state index contributed by atoms with van der Waals surface area (Å²) in [5, 5.41) is 4.88. The summed E-state index contributed by atoms with van der Waals surface area (Å²) in [6.07, 6.45) is 6.25. The van der Waals surface area contributed by atoms with Crippen molar-refractivity contribution in [3.8, 4) is 33.4 Å². The van der Waals surface area contributed by atoms with E-state index >= 15 is 0 Å². The molecule has 0 radical (unpaired) electrons. The highest BCUT2D eigenvalue weighted by Gasteiger charge is 2.53. The molecule has 0 unspecified atom stereocenters. The lowest BCUT2D eigenvalue weighted by atomic mass is 9.68. The second-order valence-corrected chi connectivity index (χ2v) is 18.7. The van der Waals surface area contributed by atoms with Crippen molar-refractivity contribution in [2.75, 3.05) is 9.80 Å². The zero-order valence-corrected chi connectivity index (χ0v) is 40.1. The van der Waals surface area contributed by atoms with E-state index in [9.17, 15) is 0 Å². The maximum atomic E-state index is 4.21. The van der Waals surface area contributed by atoms with Gasteiger partial charge in [-0.25, -0.2) is 0 Å². The monoisotopic (exact) mass is 918 g/mol. The lowest BCUT2D eigenvalue weighted by Gasteiger charge is -2.33. The van der Waals surface area contributed by atoms with Gasteiger partial charge in [0.2, 0.25) is 0 Å². The summed E-state index contributed by atoms with van der Waals surface area (Å²) in [5.74, 6) is 0. The molecule has 0 saturated carbocycles. The summed E-state index contributed by atoms with van der Waals surface area (Å²) < 4.78 is 0. The standard InChI is InChI=1S/C70H50N2/c1-3-23-66(56(4-2)48-24-9-5-10-25-48)71(52-28-13-7-14-29-52)54-40-44-58-50(46-54)38-42-62-63-43-39-51-47-55(72(53-30-15-8-16-31-53)67-37-22-19-32-57(67)49-26-11-6-12-27-49)41-45-59(51)69(63)70(68(58)62)64-35-20-17-33-60(64)61-34-18-21-36-65(61)70/h3-47H,1H2,2H3/b56-4-,66-23+. The van der Waals surface area contributed by atoms with E-state index in [1.165, 1.54) is 77.2 Å². The van der Waals surface area contributed by atoms with Gasteiger partial charge in [-0.2, -0.15) is 0 Å². The van der Waals surface area contributed by atoms with Crippen LogP contribution in [-0.2, 0) is 5.41 Å². The van der Waals surface area contributed by atoms with E-state index in [1.807, 2.05) is 6.08 Å². The van der Waals surface area contributed by atoms with Crippen molar-refractivity contribution in [2.45, 2.75) is 12.3 Å². The quantitative estimate of drug-likeness (QED) is 0.126. The summed E-state index contributed by atoms with van der Waals surface area (Å²) in [7, 11) is 0. The molecular weight excluding hydrogens is 869 g/mol. The normalized spacial score (nSPS) is 13.1. The van der Waals surface area contributed by atoms with Crippen LogP contribution in [0, 0.1) is 0 Å². The first kappa shape index (κ1) is 42.8. The number of hydrogen-bond donors (Lipinski definition) is 0. The van der Waals surface area contributed by atoms with Gasteiger partial charge in [-0.3, -0.25) is 0 Å². The van der Waals surface area contributed by atoms with Gasteiger partial charge in [0.1, 0.15) is 0 Å². The Labute approximate surface area is 422 Å².